The fraction of sp³-hybridized carbons (Fsp3) is 0.429. The van der Waals surface area contributed by atoms with Gasteiger partial charge in [0.05, 0.1) is 12.2 Å². The van der Waals surface area contributed by atoms with Crippen molar-refractivity contribution in [3.05, 3.63) is 30.6 Å². The number of hydrogen-bond acceptors (Lipinski definition) is 3. The molecule has 0 radical (unpaired) electrons. The van der Waals surface area contributed by atoms with E-state index in [1.54, 1.807) is 6.33 Å². The zero-order valence-corrected chi connectivity index (χ0v) is 11.1. The van der Waals surface area contributed by atoms with Crippen LogP contribution in [0.2, 0.25) is 0 Å². The van der Waals surface area contributed by atoms with E-state index in [9.17, 15) is 0 Å². The highest BCUT2D eigenvalue weighted by atomic mass is 16.5. The van der Waals surface area contributed by atoms with Crippen molar-refractivity contribution in [1.29, 1.82) is 0 Å². The molecule has 0 aliphatic carbocycles. The van der Waals surface area contributed by atoms with E-state index in [-0.39, 0.29) is 0 Å². The molecular formula is C14H19N3O. The first-order chi connectivity index (χ1) is 8.72. The summed E-state index contributed by atoms with van der Waals surface area (Å²) < 4.78 is 7.71. The van der Waals surface area contributed by atoms with Gasteiger partial charge in [0, 0.05) is 6.54 Å². The van der Waals surface area contributed by atoms with Crippen molar-refractivity contribution in [2.75, 3.05) is 6.61 Å². The summed E-state index contributed by atoms with van der Waals surface area (Å²) >= 11 is 0. The largest absolute Gasteiger partial charge is 0.493 e. The first-order valence-electron chi connectivity index (χ1n) is 6.32. The fourth-order valence-electron chi connectivity index (χ4n) is 1.92. The molecule has 96 valence electrons. The lowest BCUT2D eigenvalue weighted by Gasteiger charge is -2.12. The molecule has 0 amide bonds. The normalized spacial score (nSPS) is 10.9. The molecule has 4 heteroatoms. The summed E-state index contributed by atoms with van der Waals surface area (Å²) in [6.07, 6.45) is 1.78. The van der Waals surface area contributed by atoms with E-state index >= 15 is 0 Å². The summed E-state index contributed by atoms with van der Waals surface area (Å²) in [6, 6.07) is 7.95. The van der Waals surface area contributed by atoms with E-state index in [1.165, 1.54) is 0 Å². The van der Waals surface area contributed by atoms with Crippen LogP contribution in [0.25, 0.3) is 11.4 Å². The molecule has 0 aliphatic heterocycles. The molecule has 0 unspecified atom stereocenters. The minimum absolute atomic E-state index is 0.555. The van der Waals surface area contributed by atoms with Gasteiger partial charge in [0.1, 0.15) is 12.1 Å². The molecular weight excluding hydrogens is 226 g/mol. The van der Waals surface area contributed by atoms with E-state index in [2.05, 4.69) is 28.6 Å². The number of benzene rings is 1. The lowest BCUT2D eigenvalue weighted by atomic mass is 10.1. The topological polar surface area (TPSA) is 39.9 Å². The molecule has 18 heavy (non-hydrogen) atoms. The van der Waals surface area contributed by atoms with Crippen molar-refractivity contribution in [2.24, 2.45) is 5.92 Å². The SMILES string of the molecule is CCOc1ccccc1-c1nncn1CC(C)C. The van der Waals surface area contributed by atoms with Gasteiger partial charge >= 0.3 is 0 Å². The Labute approximate surface area is 108 Å². The second-order valence-corrected chi connectivity index (χ2v) is 4.63. The quantitative estimate of drug-likeness (QED) is 0.813. The number of nitrogens with zero attached hydrogens (tertiary/aromatic N) is 3. The van der Waals surface area contributed by atoms with Gasteiger partial charge in [-0.2, -0.15) is 0 Å². The average Bonchev–Trinajstić information content (AvgIpc) is 2.77. The Balaban J connectivity index is 2.39. The molecule has 0 atom stereocenters. The lowest BCUT2D eigenvalue weighted by molar-refractivity contribution is 0.341. The predicted molar refractivity (Wildman–Crippen MR) is 71.5 cm³/mol. The van der Waals surface area contributed by atoms with Crippen LogP contribution >= 0.6 is 0 Å². The van der Waals surface area contributed by atoms with Crippen LogP contribution in [-0.2, 0) is 6.54 Å². The lowest BCUT2D eigenvalue weighted by Crippen LogP contribution is -2.06. The number of aromatic nitrogens is 3. The molecule has 0 bridgehead atoms. The molecule has 0 N–H and O–H groups in total. The summed E-state index contributed by atoms with van der Waals surface area (Å²) in [5.41, 5.74) is 0.998. The molecule has 0 aliphatic rings. The Morgan fingerprint density at radius 2 is 2.06 bits per heavy atom. The highest BCUT2D eigenvalue weighted by Gasteiger charge is 2.12. The Morgan fingerprint density at radius 1 is 1.28 bits per heavy atom. The van der Waals surface area contributed by atoms with Crippen molar-refractivity contribution < 1.29 is 4.74 Å². The number of ether oxygens (including phenoxy) is 1. The van der Waals surface area contributed by atoms with E-state index in [4.69, 9.17) is 4.74 Å². The molecule has 1 aromatic carbocycles. The molecule has 2 aromatic rings. The molecule has 0 saturated carbocycles. The van der Waals surface area contributed by atoms with E-state index < -0.39 is 0 Å². The number of hydrogen-bond donors (Lipinski definition) is 0. The predicted octanol–water partition coefficient (Wildman–Crippen LogP) is 3.00. The molecule has 1 heterocycles. The highest BCUT2D eigenvalue weighted by molar-refractivity contribution is 5.64. The summed E-state index contributed by atoms with van der Waals surface area (Å²) in [7, 11) is 0. The van der Waals surface area contributed by atoms with Gasteiger partial charge in [0.2, 0.25) is 0 Å². The zero-order valence-electron chi connectivity index (χ0n) is 11.1. The van der Waals surface area contributed by atoms with E-state index in [0.29, 0.717) is 12.5 Å². The van der Waals surface area contributed by atoms with Crippen LogP contribution in [0.3, 0.4) is 0 Å². The second kappa shape index (κ2) is 5.67. The van der Waals surface area contributed by atoms with Crippen LogP contribution in [0, 0.1) is 5.92 Å². The second-order valence-electron chi connectivity index (χ2n) is 4.63. The zero-order chi connectivity index (χ0) is 13.0. The maximum absolute atomic E-state index is 5.64. The number of para-hydroxylation sites is 1. The van der Waals surface area contributed by atoms with Crippen molar-refractivity contribution in [3.8, 4) is 17.1 Å². The first kappa shape index (κ1) is 12.6. The first-order valence-corrected chi connectivity index (χ1v) is 6.32. The minimum atomic E-state index is 0.555. The van der Waals surface area contributed by atoms with Crippen molar-refractivity contribution in [1.82, 2.24) is 14.8 Å². The van der Waals surface area contributed by atoms with Crippen LogP contribution < -0.4 is 4.74 Å². The molecule has 0 fully saturated rings. The van der Waals surface area contributed by atoms with Gasteiger partial charge in [0.15, 0.2) is 5.82 Å². The van der Waals surface area contributed by atoms with E-state index in [1.807, 2.05) is 31.2 Å². The molecule has 4 nitrogen and oxygen atoms in total. The third-order valence-corrected chi connectivity index (χ3v) is 2.61. The standard InChI is InChI=1S/C14H19N3O/c1-4-18-13-8-6-5-7-12(13)14-16-15-10-17(14)9-11(2)3/h5-8,10-11H,4,9H2,1-3H3. The van der Waals surface area contributed by atoms with Gasteiger partial charge in [-0.25, -0.2) is 0 Å². The van der Waals surface area contributed by atoms with Gasteiger partial charge in [-0.15, -0.1) is 10.2 Å². The van der Waals surface area contributed by atoms with Crippen LogP contribution in [0.15, 0.2) is 30.6 Å². The Bertz CT molecular complexity index is 505. The Hall–Kier alpha value is -1.84. The molecule has 1 aromatic heterocycles. The smallest absolute Gasteiger partial charge is 0.167 e. The third kappa shape index (κ3) is 2.70. The summed E-state index contributed by atoms with van der Waals surface area (Å²) in [5, 5.41) is 8.23. The average molecular weight is 245 g/mol. The maximum atomic E-state index is 5.64. The van der Waals surface area contributed by atoms with Crippen molar-refractivity contribution in [3.63, 3.8) is 0 Å². The van der Waals surface area contributed by atoms with Crippen molar-refractivity contribution >= 4 is 0 Å². The van der Waals surface area contributed by atoms with Crippen LogP contribution in [0.5, 0.6) is 5.75 Å². The van der Waals surface area contributed by atoms with Crippen LogP contribution in [0.4, 0.5) is 0 Å². The van der Waals surface area contributed by atoms with E-state index in [0.717, 1.165) is 23.7 Å². The van der Waals surface area contributed by atoms with Crippen LogP contribution in [-0.4, -0.2) is 21.4 Å². The van der Waals surface area contributed by atoms with Gasteiger partial charge in [0.25, 0.3) is 0 Å². The summed E-state index contributed by atoms with van der Waals surface area (Å²) in [4.78, 5) is 0. The summed E-state index contributed by atoms with van der Waals surface area (Å²) in [6.45, 7) is 7.89. The monoisotopic (exact) mass is 245 g/mol. The highest BCUT2D eigenvalue weighted by Crippen LogP contribution is 2.28. The molecule has 2 rings (SSSR count). The van der Waals surface area contributed by atoms with Gasteiger partial charge in [-0.1, -0.05) is 26.0 Å². The minimum Gasteiger partial charge on any atom is -0.493 e. The van der Waals surface area contributed by atoms with Crippen molar-refractivity contribution in [2.45, 2.75) is 27.3 Å². The summed E-state index contributed by atoms with van der Waals surface area (Å²) in [5.74, 6) is 2.28. The van der Waals surface area contributed by atoms with Gasteiger partial charge in [-0.05, 0) is 25.0 Å². The third-order valence-electron chi connectivity index (χ3n) is 2.61. The number of rotatable bonds is 5. The van der Waals surface area contributed by atoms with Gasteiger partial charge in [-0.3, -0.25) is 0 Å². The fourth-order valence-corrected chi connectivity index (χ4v) is 1.92. The Morgan fingerprint density at radius 3 is 2.78 bits per heavy atom. The van der Waals surface area contributed by atoms with Gasteiger partial charge < -0.3 is 9.30 Å². The van der Waals surface area contributed by atoms with Crippen LogP contribution in [0.1, 0.15) is 20.8 Å². The Kier molecular flexibility index (Phi) is 3.97. The molecule has 0 spiro atoms. The maximum Gasteiger partial charge on any atom is 0.167 e. The molecule has 0 saturated heterocycles.